The van der Waals surface area contributed by atoms with Gasteiger partial charge in [-0.25, -0.2) is 9.97 Å². The Morgan fingerprint density at radius 1 is 1.24 bits per heavy atom. The maximum Gasteiger partial charge on any atom is 0.169 e. The van der Waals surface area contributed by atoms with Crippen LogP contribution in [-0.2, 0) is 13.0 Å². The largest absolute Gasteiger partial charge is 0.482 e. The van der Waals surface area contributed by atoms with Crippen LogP contribution in [-0.4, -0.2) is 15.5 Å². The molecule has 0 saturated heterocycles. The highest BCUT2D eigenvalue weighted by Crippen LogP contribution is 2.34. The number of hydrogen-bond acceptors (Lipinski definition) is 4. The van der Waals surface area contributed by atoms with Gasteiger partial charge >= 0.3 is 0 Å². The van der Waals surface area contributed by atoms with E-state index in [1.807, 2.05) is 30.5 Å². The second kappa shape index (κ2) is 5.45. The predicted octanol–water partition coefficient (Wildman–Crippen LogP) is 3.04. The molecule has 0 amide bonds. The van der Waals surface area contributed by atoms with Crippen LogP contribution in [0.15, 0.2) is 36.5 Å². The van der Waals surface area contributed by atoms with Crippen LogP contribution in [0.4, 0.5) is 0 Å². The molecule has 0 bridgehead atoms. The van der Waals surface area contributed by atoms with Crippen molar-refractivity contribution < 1.29 is 4.74 Å². The van der Waals surface area contributed by atoms with Crippen molar-refractivity contribution >= 4 is 0 Å². The molecule has 1 N–H and O–H groups in total. The first-order chi connectivity index (χ1) is 10.0. The zero-order valence-corrected chi connectivity index (χ0v) is 12.8. The Morgan fingerprint density at radius 2 is 2.05 bits per heavy atom. The molecule has 2 aromatic rings. The van der Waals surface area contributed by atoms with Gasteiger partial charge in [-0.15, -0.1) is 0 Å². The number of rotatable bonds is 3. The molecule has 1 aliphatic heterocycles. The summed E-state index contributed by atoms with van der Waals surface area (Å²) in [5.74, 6) is 1.71. The van der Waals surface area contributed by atoms with Gasteiger partial charge in [0, 0.05) is 24.7 Å². The minimum Gasteiger partial charge on any atom is -0.482 e. The van der Waals surface area contributed by atoms with Crippen LogP contribution in [0, 0.1) is 0 Å². The van der Waals surface area contributed by atoms with Gasteiger partial charge in [0.1, 0.15) is 5.75 Å². The Balaban J connectivity index is 1.73. The highest BCUT2D eigenvalue weighted by atomic mass is 16.5. The molecule has 0 fully saturated rings. The third-order valence-electron chi connectivity index (χ3n) is 3.47. The zero-order chi connectivity index (χ0) is 14.9. The fraction of sp³-hybridized carbons (Fsp3) is 0.412. The Labute approximate surface area is 125 Å². The lowest BCUT2D eigenvalue weighted by Crippen LogP contribution is -2.35. The van der Waals surface area contributed by atoms with E-state index in [2.05, 4.69) is 42.1 Å². The Hall–Kier alpha value is -1.94. The molecule has 1 unspecified atom stereocenters. The summed E-state index contributed by atoms with van der Waals surface area (Å²) in [6.07, 6.45) is 2.58. The van der Waals surface area contributed by atoms with Crippen LogP contribution < -0.4 is 10.1 Å². The molecule has 1 aliphatic rings. The van der Waals surface area contributed by atoms with Gasteiger partial charge in [-0.1, -0.05) is 18.2 Å². The number of ether oxygens (including phenoxy) is 1. The van der Waals surface area contributed by atoms with Crippen LogP contribution >= 0.6 is 0 Å². The van der Waals surface area contributed by atoms with E-state index in [0.717, 1.165) is 30.2 Å². The zero-order valence-electron chi connectivity index (χ0n) is 12.8. The van der Waals surface area contributed by atoms with E-state index in [9.17, 15) is 0 Å². The van der Waals surface area contributed by atoms with Crippen molar-refractivity contribution in [3.63, 3.8) is 0 Å². The number of benzene rings is 1. The quantitative estimate of drug-likeness (QED) is 0.940. The summed E-state index contributed by atoms with van der Waals surface area (Å²) in [4.78, 5) is 9.03. The molecule has 3 rings (SSSR count). The summed E-state index contributed by atoms with van der Waals surface area (Å²) < 4.78 is 5.95. The Morgan fingerprint density at radius 3 is 2.81 bits per heavy atom. The monoisotopic (exact) mass is 283 g/mol. The van der Waals surface area contributed by atoms with Crippen LogP contribution in [0.2, 0.25) is 0 Å². The van der Waals surface area contributed by atoms with Crippen LogP contribution in [0.1, 0.15) is 44.0 Å². The average molecular weight is 283 g/mol. The van der Waals surface area contributed by atoms with Crippen LogP contribution in [0.5, 0.6) is 5.75 Å². The predicted molar refractivity (Wildman–Crippen MR) is 82.1 cm³/mol. The summed E-state index contributed by atoms with van der Waals surface area (Å²) in [5.41, 5.74) is 2.30. The number of hydrogen-bond donors (Lipinski definition) is 1. The van der Waals surface area contributed by atoms with Crippen molar-refractivity contribution in [3.8, 4) is 5.75 Å². The summed E-state index contributed by atoms with van der Waals surface area (Å²) in [6, 6.07) is 10.1. The van der Waals surface area contributed by atoms with Gasteiger partial charge in [-0.05, 0) is 38.5 Å². The van der Waals surface area contributed by atoms with Crippen molar-refractivity contribution in [1.29, 1.82) is 0 Å². The number of nitrogens with zero attached hydrogens (tertiary/aromatic N) is 2. The lowest BCUT2D eigenvalue weighted by molar-refractivity contribution is 0.227. The molecule has 0 saturated carbocycles. The van der Waals surface area contributed by atoms with Gasteiger partial charge < -0.3 is 10.1 Å². The molecular formula is C17H21N3O. The van der Waals surface area contributed by atoms with E-state index in [1.165, 1.54) is 5.56 Å². The number of aromatic nitrogens is 2. The standard InChI is InChI=1S/C17H21N3O/c1-17(2,3)19-11-13-8-9-18-16(20-13)15-10-12-6-4-5-7-14(12)21-15/h4-9,15,19H,10-11H2,1-3H3. The molecule has 1 atom stereocenters. The fourth-order valence-corrected chi connectivity index (χ4v) is 2.35. The molecule has 4 heteroatoms. The summed E-state index contributed by atoms with van der Waals surface area (Å²) in [5, 5.41) is 3.44. The lowest BCUT2D eigenvalue weighted by atomic mass is 10.1. The van der Waals surface area contributed by atoms with Crippen molar-refractivity contribution in [2.24, 2.45) is 0 Å². The molecule has 21 heavy (non-hydrogen) atoms. The maximum absolute atomic E-state index is 5.95. The van der Waals surface area contributed by atoms with E-state index >= 15 is 0 Å². The van der Waals surface area contributed by atoms with Crippen molar-refractivity contribution in [1.82, 2.24) is 15.3 Å². The fourth-order valence-electron chi connectivity index (χ4n) is 2.35. The lowest BCUT2D eigenvalue weighted by Gasteiger charge is -2.20. The third-order valence-corrected chi connectivity index (χ3v) is 3.47. The van der Waals surface area contributed by atoms with Crippen molar-refractivity contribution in [2.75, 3.05) is 0 Å². The number of fused-ring (bicyclic) bond motifs is 1. The minimum atomic E-state index is -0.0722. The van der Waals surface area contributed by atoms with Gasteiger partial charge in [0.2, 0.25) is 0 Å². The number of nitrogens with one attached hydrogen (secondary N) is 1. The molecule has 1 aromatic carbocycles. The average Bonchev–Trinajstić information content (AvgIpc) is 2.89. The maximum atomic E-state index is 5.95. The first-order valence-corrected chi connectivity index (χ1v) is 7.33. The Bertz CT molecular complexity index is 609. The Kier molecular flexibility index (Phi) is 3.64. The second-order valence-corrected chi connectivity index (χ2v) is 6.43. The summed E-state index contributed by atoms with van der Waals surface area (Å²) >= 11 is 0. The first kappa shape index (κ1) is 14.0. The van der Waals surface area contributed by atoms with Crippen LogP contribution in [0.25, 0.3) is 0 Å². The molecular weight excluding hydrogens is 262 g/mol. The molecule has 0 radical (unpaired) electrons. The third kappa shape index (κ3) is 3.39. The molecule has 1 aromatic heterocycles. The van der Waals surface area contributed by atoms with E-state index in [0.29, 0.717) is 0 Å². The summed E-state index contributed by atoms with van der Waals surface area (Å²) in [7, 11) is 0. The van der Waals surface area contributed by atoms with Gasteiger partial charge in [-0.3, -0.25) is 0 Å². The van der Waals surface area contributed by atoms with E-state index in [1.54, 1.807) is 0 Å². The van der Waals surface area contributed by atoms with Crippen molar-refractivity contribution in [2.45, 2.75) is 45.4 Å². The molecule has 4 nitrogen and oxygen atoms in total. The molecule has 0 spiro atoms. The smallest absolute Gasteiger partial charge is 0.169 e. The normalized spacial score (nSPS) is 17.4. The highest BCUT2D eigenvalue weighted by Gasteiger charge is 2.26. The SMILES string of the molecule is CC(C)(C)NCc1ccnc(C2Cc3ccccc3O2)n1. The second-order valence-electron chi connectivity index (χ2n) is 6.43. The first-order valence-electron chi connectivity index (χ1n) is 7.33. The van der Waals surface area contributed by atoms with Crippen LogP contribution in [0.3, 0.4) is 0 Å². The van der Waals surface area contributed by atoms with E-state index < -0.39 is 0 Å². The van der Waals surface area contributed by atoms with Gasteiger partial charge in [0.25, 0.3) is 0 Å². The molecule has 0 aliphatic carbocycles. The summed E-state index contributed by atoms with van der Waals surface area (Å²) in [6.45, 7) is 7.17. The van der Waals surface area contributed by atoms with Gasteiger partial charge in [-0.2, -0.15) is 0 Å². The minimum absolute atomic E-state index is 0.0722. The molecule has 2 heterocycles. The van der Waals surface area contributed by atoms with Crippen molar-refractivity contribution in [3.05, 3.63) is 53.6 Å². The highest BCUT2D eigenvalue weighted by molar-refractivity contribution is 5.38. The van der Waals surface area contributed by atoms with E-state index in [4.69, 9.17) is 4.74 Å². The van der Waals surface area contributed by atoms with Gasteiger partial charge in [0.05, 0.1) is 5.69 Å². The topological polar surface area (TPSA) is 47.0 Å². The van der Waals surface area contributed by atoms with E-state index in [-0.39, 0.29) is 11.6 Å². The molecule has 110 valence electrons. The van der Waals surface area contributed by atoms with Gasteiger partial charge in [0.15, 0.2) is 11.9 Å². The number of para-hydroxylation sites is 1.